The average Bonchev–Trinajstić information content (AvgIpc) is 3.06. The Kier molecular flexibility index (Phi) is 6.54. The number of esters is 1. The first-order valence-electron chi connectivity index (χ1n) is 8.84. The van der Waals surface area contributed by atoms with Gasteiger partial charge in [-0.05, 0) is 24.6 Å². The van der Waals surface area contributed by atoms with E-state index in [0.29, 0.717) is 41.4 Å². The van der Waals surface area contributed by atoms with Crippen molar-refractivity contribution in [2.45, 2.75) is 6.92 Å². The van der Waals surface area contributed by atoms with E-state index in [9.17, 15) is 14.0 Å². The third kappa shape index (κ3) is 4.91. The zero-order valence-corrected chi connectivity index (χ0v) is 15.9. The number of benzene rings is 1. The summed E-state index contributed by atoms with van der Waals surface area (Å²) in [5.74, 6) is -1.02. The van der Waals surface area contributed by atoms with Gasteiger partial charge >= 0.3 is 5.97 Å². The van der Waals surface area contributed by atoms with Crippen molar-refractivity contribution in [3.05, 3.63) is 41.0 Å². The second-order valence-electron chi connectivity index (χ2n) is 6.17. The maximum absolute atomic E-state index is 13.2. The van der Waals surface area contributed by atoms with Crippen molar-refractivity contribution >= 4 is 28.2 Å². The molecular formula is C19H22FN2O4S+. The van der Waals surface area contributed by atoms with Gasteiger partial charge in [0.25, 0.3) is 5.91 Å². The molecule has 2 N–H and O–H groups in total. The number of morpholine rings is 1. The highest BCUT2D eigenvalue weighted by Crippen LogP contribution is 2.36. The van der Waals surface area contributed by atoms with E-state index in [2.05, 4.69) is 5.32 Å². The third-order valence-corrected chi connectivity index (χ3v) is 5.18. The fourth-order valence-corrected chi connectivity index (χ4v) is 3.91. The van der Waals surface area contributed by atoms with Crippen molar-refractivity contribution in [3.63, 3.8) is 0 Å². The fraction of sp³-hybridized carbons (Fsp3) is 0.368. The number of anilines is 1. The molecule has 0 saturated carbocycles. The highest BCUT2D eigenvalue weighted by Gasteiger charge is 2.24. The summed E-state index contributed by atoms with van der Waals surface area (Å²) in [7, 11) is 0. The second-order valence-corrected chi connectivity index (χ2v) is 7.05. The maximum atomic E-state index is 13.2. The maximum Gasteiger partial charge on any atom is 0.341 e. The molecule has 8 heteroatoms. The van der Waals surface area contributed by atoms with Gasteiger partial charge in [-0.3, -0.25) is 4.79 Å². The molecule has 0 atom stereocenters. The van der Waals surface area contributed by atoms with Crippen molar-refractivity contribution in [2.75, 3.05) is 44.8 Å². The van der Waals surface area contributed by atoms with Gasteiger partial charge in [-0.25, -0.2) is 9.18 Å². The number of rotatable bonds is 6. The van der Waals surface area contributed by atoms with Gasteiger partial charge in [-0.15, -0.1) is 11.3 Å². The van der Waals surface area contributed by atoms with Gasteiger partial charge in [-0.2, -0.15) is 0 Å². The Bertz CT molecular complexity index is 801. The summed E-state index contributed by atoms with van der Waals surface area (Å²) in [6.45, 7) is 5.11. The summed E-state index contributed by atoms with van der Waals surface area (Å²) in [5.41, 5.74) is 1.61. The zero-order valence-electron chi connectivity index (χ0n) is 15.0. The van der Waals surface area contributed by atoms with E-state index in [1.807, 2.05) is 0 Å². The van der Waals surface area contributed by atoms with Crippen molar-refractivity contribution in [1.82, 2.24) is 0 Å². The molecular weight excluding hydrogens is 371 g/mol. The van der Waals surface area contributed by atoms with Crippen LogP contribution in [-0.2, 0) is 14.3 Å². The second kappa shape index (κ2) is 9.07. The molecule has 27 heavy (non-hydrogen) atoms. The molecule has 0 radical (unpaired) electrons. The Morgan fingerprint density at radius 3 is 2.63 bits per heavy atom. The highest BCUT2D eigenvalue weighted by atomic mass is 32.1. The average molecular weight is 393 g/mol. The molecule has 3 rings (SSSR count). The van der Waals surface area contributed by atoms with E-state index in [0.717, 1.165) is 18.0 Å². The first kappa shape index (κ1) is 19.5. The van der Waals surface area contributed by atoms with Gasteiger partial charge in [0.05, 0.1) is 19.8 Å². The van der Waals surface area contributed by atoms with Crippen LogP contribution in [0.1, 0.15) is 17.3 Å². The lowest BCUT2D eigenvalue weighted by molar-refractivity contribution is -0.899. The van der Waals surface area contributed by atoms with Gasteiger partial charge in [0, 0.05) is 10.9 Å². The lowest BCUT2D eigenvalue weighted by Gasteiger charge is -2.23. The van der Waals surface area contributed by atoms with Crippen LogP contribution in [0.5, 0.6) is 0 Å². The molecule has 1 saturated heterocycles. The Hall–Kier alpha value is -2.29. The Morgan fingerprint density at radius 1 is 1.26 bits per heavy atom. The third-order valence-electron chi connectivity index (χ3n) is 4.29. The summed E-state index contributed by atoms with van der Waals surface area (Å²) in [4.78, 5) is 26.1. The van der Waals surface area contributed by atoms with Gasteiger partial charge in [0.1, 0.15) is 29.5 Å². The smallest absolute Gasteiger partial charge is 0.341 e. The van der Waals surface area contributed by atoms with Crippen LogP contribution in [0.3, 0.4) is 0 Å². The largest absolute Gasteiger partial charge is 0.462 e. The first-order chi connectivity index (χ1) is 13.1. The molecule has 144 valence electrons. The summed E-state index contributed by atoms with van der Waals surface area (Å²) in [6.07, 6.45) is 0. The van der Waals surface area contributed by atoms with E-state index >= 15 is 0 Å². The van der Waals surface area contributed by atoms with Crippen LogP contribution in [0.15, 0.2) is 29.6 Å². The molecule has 2 aromatic rings. The van der Waals surface area contributed by atoms with E-state index in [4.69, 9.17) is 9.47 Å². The lowest BCUT2D eigenvalue weighted by atomic mass is 10.0. The molecule has 1 amide bonds. The molecule has 1 aliphatic heterocycles. The molecule has 1 aliphatic rings. The van der Waals surface area contributed by atoms with Crippen LogP contribution >= 0.6 is 11.3 Å². The fourth-order valence-electron chi connectivity index (χ4n) is 2.93. The number of thiophene rings is 1. The predicted molar refractivity (Wildman–Crippen MR) is 101 cm³/mol. The van der Waals surface area contributed by atoms with Crippen LogP contribution in [0.2, 0.25) is 0 Å². The highest BCUT2D eigenvalue weighted by molar-refractivity contribution is 7.15. The summed E-state index contributed by atoms with van der Waals surface area (Å²) in [5, 5.41) is 5.07. The molecule has 0 bridgehead atoms. The molecule has 1 aromatic heterocycles. The Balaban J connectivity index is 1.82. The van der Waals surface area contributed by atoms with Crippen molar-refractivity contribution < 1.29 is 28.4 Å². The minimum Gasteiger partial charge on any atom is -0.462 e. The van der Waals surface area contributed by atoms with Crippen molar-refractivity contribution in [3.8, 4) is 11.1 Å². The number of hydrogen-bond acceptors (Lipinski definition) is 5. The molecule has 0 unspecified atom stereocenters. The molecule has 0 spiro atoms. The van der Waals surface area contributed by atoms with E-state index < -0.39 is 5.97 Å². The van der Waals surface area contributed by atoms with Gasteiger partial charge in [0.2, 0.25) is 0 Å². The van der Waals surface area contributed by atoms with Crippen LogP contribution in [0, 0.1) is 5.82 Å². The molecule has 6 nitrogen and oxygen atoms in total. The monoisotopic (exact) mass is 393 g/mol. The van der Waals surface area contributed by atoms with Crippen LogP contribution in [0.25, 0.3) is 11.1 Å². The summed E-state index contributed by atoms with van der Waals surface area (Å²) in [6, 6.07) is 5.87. The van der Waals surface area contributed by atoms with Crippen LogP contribution in [0.4, 0.5) is 9.39 Å². The van der Waals surface area contributed by atoms with E-state index in [1.54, 1.807) is 24.4 Å². The summed E-state index contributed by atoms with van der Waals surface area (Å²) >= 11 is 1.26. The minimum absolute atomic E-state index is 0.162. The van der Waals surface area contributed by atoms with Crippen molar-refractivity contribution in [1.29, 1.82) is 0 Å². The minimum atomic E-state index is -0.507. The normalized spacial score (nSPS) is 14.7. The Labute approximate surface area is 160 Å². The van der Waals surface area contributed by atoms with Gasteiger partial charge < -0.3 is 19.7 Å². The van der Waals surface area contributed by atoms with E-state index in [1.165, 1.54) is 23.5 Å². The molecule has 1 fully saturated rings. The number of amides is 1. The topological polar surface area (TPSA) is 69.1 Å². The van der Waals surface area contributed by atoms with Crippen molar-refractivity contribution in [2.24, 2.45) is 0 Å². The number of quaternary nitrogens is 1. The number of carbonyl (C=O) groups excluding carboxylic acids is 2. The van der Waals surface area contributed by atoms with Gasteiger partial charge in [-0.1, -0.05) is 12.1 Å². The van der Waals surface area contributed by atoms with Crippen LogP contribution in [-0.4, -0.2) is 51.3 Å². The molecule has 0 aliphatic carbocycles. The van der Waals surface area contributed by atoms with Crippen LogP contribution < -0.4 is 10.2 Å². The zero-order chi connectivity index (χ0) is 19.2. The number of carbonyl (C=O) groups is 2. The summed E-state index contributed by atoms with van der Waals surface area (Å²) < 4.78 is 23.7. The number of nitrogens with one attached hydrogen (secondary N) is 2. The molecule has 1 aromatic carbocycles. The standard InChI is InChI=1S/C19H21FN2O4S/c1-2-26-19(24)17-15(13-3-5-14(20)6-4-13)12-27-18(17)21-16(23)11-22-7-9-25-10-8-22/h3-6,12H,2,7-11H2,1H3,(H,21,23)/p+1. The first-order valence-corrected chi connectivity index (χ1v) is 9.72. The van der Waals surface area contributed by atoms with E-state index in [-0.39, 0.29) is 18.3 Å². The number of hydrogen-bond donors (Lipinski definition) is 2. The Morgan fingerprint density at radius 2 is 1.96 bits per heavy atom. The number of halogens is 1. The lowest BCUT2D eigenvalue weighted by Crippen LogP contribution is -3.15. The van der Waals surface area contributed by atoms with Gasteiger partial charge in [0.15, 0.2) is 6.54 Å². The molecule has 2 heterocycles. The SMILES string of the molecule is CCOC(=O)c1c(-c2ccc(F)cc2)csc1NC(=O)C[NH+]1CCOCC1. The quantitative estimate of drug-likeness (QED) is 0.732. The number of ether oxygens (including phenoxy) is 2. The predicted octanol–water partition coefficient (Wildman–Crippen LogP) is 1.58.